The Bertz CT molecular complexity index is 1160. The molecule has 1 aliphatic heterocycles. The number of hydrogen-bond acceptors (Lipinski definition) is 6. The zero-order chi connectivity index (χ0) is 21.1. The third-order valence-corrected chi connectivity index (χ3v) is 4.48. The van der Waals surface area contributed by atoms with Crippen molar-refractivity contribution in [3.8, 4) is 0 Å². The Balaban J connectivity index is 1.69. The van der Waals surface area contributed by atoms with Crippen molar-refractivity contribution in [1.29, 1.82) is 5.41 Å². The Morgan fingerprint density at radius 1 is 1.17 bits per heavy atom. The molecule has 1 amide bonds. The number of amides is 1. The smallest absolute Gasteiger partial charge is 0.291 e. The number of fused-ring (bicyclic) bond motifs is 1. The van der Waals surface area contributed by atoms with Gasteiger partial charge in [0.25, 0.3) is 11.9 Å². The van der Waals surface area contributed by atoms with E-state index in [0.29, 0.717) is 17.1 Å². The summed E-state index contributed by atoms with van der Waals surface area (Å²) in [6.07, 6.45) is 0.361. The number of anilines is 1. The van der Waals surface area contributed by atoms with Gasteiger partial charge in [-0.25, -0.2) is 4.99 Å². The molecule has 2 heterocycles. The number of hydrogen-bond donors (Lipinski definition) is 3. The maximum Gasteiger partial charge on any atom is 0.291 e. The van der Waals surface area contributed by atoms with E-state index in [-0.39, 0.29) is 11.9 Å². The lowest BCUT2D eigenvalue weighted by molar-refractivity contribution is -0.117. The van der Waals surface area contributed by atoms with Crippen LogP contribution in [0.1, 0.15) is 16.8 Å². The largest absolute Gasteiger partial charge is 0.405 e. The fourth-order valence-corrected chi connectivity index (χ4v) is 3.06. The number of carbonyl (C=O) groups is 1. The molecule has 4 rings (SSSR count). The number of aryl methyl sites for hydroxylation is 1. The zero-order valence-corrected chi connectivity index (χ0v) is 16.1. The molecule has 9 heteroatoms. The number of nitrogens with zero attached hydrogens (tertiary/aromatic N) is 4. The predicted molar refractivity (Wildman–Crippen MR) is 114 cm³/mol. The number of ether oxygens (including phenoxy) is 1. The summed E-state index contributed by atoms with van der Waals surface area (Å²) >= 11 is 0. The average molecular weight is 401 g/mol. The van der Waals surface area contributed by atoms with Gasteiger partial charge in [0.1, 0.15) is 5.69 Å². The first-order valence-electron chi connectivity index (χ1n) is 9.14. The van der Waals surface area contributed by atoms with E-state index in [1.165, 1.54) is 10.9 Å². The second kappa shape index (κ2) is 8.00. The van der Waals surface area contributed by atoms with Gasteiger partial charge >= 0.3 is 0 Å². The highest BCUT2D eigenvalue weighted by molar-refractivity contribution is 6.19. The molecular formula is C21H19N7O2. The number of benzodiazepines with no additional fused rings is 1. The van der Waals surface area contributed by atoms with Crippen molar-refractivity contribution >= 4 is 29.2 Å². The third-order valence-electron chi connectivity index (χ3n) is 4.48. The highest BCUT2D eigenvalue weighted by atomic mass is 16.5. The molecule has 0 aliphatic carbocycles. The van der Waals surface area contributed by atoms with Crippen LogP contribution in [-0.4, -0.2) is 39.5 Å². The molecule has 0 saturated heterocycles. The molecule has 1 aliphatic rings. The number of carbonyl (C=O) groups excluding carboxylic acids is 1. The number of amidine groups is 1. The van der Waals surface area contributed by atoms with Crippen molar-refractivity contribution in [3.63, 3.8) is 0 Å². The summed E-state index contributed by atoms with van der Waals surface area (Å²) < 4.78 is 6.76. The fourth-order valence-electron chi connectivity index (χ4n) is 3.06. The molecule has 150 valence electrons. The topological polar surface area (TPSA) is 131 Å². The Labute approximate surface area is 172 Å². The van der Waals surface area contributed by atoms with Gasteiger partial charge in [-0.05, 0) is 12.1 Å². The number of nitrogens with one attached hydrogen (secondary N) is 2. The molecule has 0 saturated carbocycles. The van der Waals surface area contributed by atoms with E-state index in [2.05, 4.69) is 20.4 Å². The van der Waals surface area contributed by atoms with E-state index in [1.807, 2.05) is 48.5 Å². The summed E-state index contributed by atoms with van der Waals surface area (Å²) in [6, 6.07) is 18.2. The lowest BCUT2D eigenvalue weighted by atomic mass is 10.0. The predicted octanol–water partition coefficient (Wildman–Crippen LogP) is 1.89. The molecular weight excluding hydrogens is 382 g/mol. The quantitative estimate of drug-likeness (QED) is 0.457. The molecule has 0 fully saturated rings. The summed E-state index contributed by atoms with van der Waals surface area (Å²) in [7, 11) is 1.67. The Morgan fingerprint density at radius 3 is 2.63 bits per heavy atom. The Hall–Kier alpha value is -4.27. The van der Waals surface area contributed by atoms with Crippen LogP contribution in [0.2, 0.25) is 0 Å². The maximum atomic E-state index is 12.8. The number of nitrogens with two attached hydrogens (primary N) is 1. The van der Waals surface area contributed by atoms with Crippen molar-refractivity contribution in [1.82, 2.24) is 9.78 Å². The number of aliphatic imine (C=N–C) groups is 2. The van der Waals surface area contributed by atoms with Crippen LogP contribution >= 0.6 is 0 Å². The van der Waals surface area contributed by atoms with Crippen molar-refractivity contribution in [3.05, 3.63) is 83.7 Å². The molecule has 30 heavy (non-hydrogen) atoms. The molecule has 9 nitrogen and oxygen atoms in total. The molecule has 3 aromatic rings. The molecule has 0 radical (unpaired) electrons. The summed E-state index contributed by atoms with van der Waals surface area (Å²) in [5.74, 6) is -0.687. The maximum absolute atomic E-state index is 12.8. The van der Waals surface area contributed by atoms with Gasteiger partial charge in [-0.1, -0.05) is 48.5 Å². The van der Waals surface area contributed by atoms with Crippen LogP contribution in [0.3, 0.4) is 0 Å². The van der Waals surface area contributed by atoms with E-state index >= 15 is 0 Å². The lowest BCUT2D eigenvalue weighted by Gasteiger charge is -2.10. The van der Waals surface area contributed by atoms with Crippen LogP contribution in [-0.2, 0) is 16.6 Å². The monoisotopic (exact) mass is 401 g/mol. The molecule has 0 bridgehead atoms. The van der Waals surface area contributed by atoms with Gasteiger partial charge in [-0.3, -0.25) is 14.9 Å². The fraction of sp³-hybridized carbons (Fsp3) is 0.0952. The van der Waals surface area contributed by atoms with Crippen LogP contribution in [0.5, 0.6) is 0 Å². The third kappa shape index (κ3) is 3.81. The molecule has 1 atom stereocenters. The molecule has 1 unspecified atom stereocenters. The van der Waals surface area contributed by atoms with Gasteiger partial charge < -0.3 is 15.8 Å². The summed E-state index contributed by atoms with van der Waals surface area (Å²) in [5, 5.41) is 14.8. The van der Waals surface area contributed by atoms with Gasteiger partial charge in [-0.15, -0.1) is 0 Å². The van der Waals surface area contributed by atoms with E-state index in [1.54, 1.807) is 19.2 Å². The van der Waals surface area contributed by atoms with Crippen molar-refractivity contribution in [2.45, 2.75) is 6.17 Å². The van der Waals surface area contributed by atoms with Gasteiger partial charge in [0.05, 0.1) is 11.4 Å². The van der Waals surface area contributed by atoms with Crippen molar-refractivity contribution in [2.24, 2.45) is 22.8 Å². The van der Waals surface area contributed by atoms with Gasteiger partial charge in [-0.2, -0.15) is 10.1 Å². The van der Waals surface area contributed by atoms with E-state index in [0.717, 1.165) is 11.1 Å². The molecule has 2 aromatic carbocycles. The minimum absolute atomic E-state index is 0.235. The van der Waals surface area contributed by atoms with Gasteiger partial charge in [0.15, 0.2) is 0 Å². The summed E-state index contributed by atoms with van der Waals surface area (Å²) in [4.78, 5) is 21.4. The van der Waals surface area contributed by atoms with Crippen molar-refractivity contribution < 1.29 is 9.53 Å². The second-order valence-corrected chi connectivity index (χ2v) is 6.49. The molecule has 4 N–H and O–H groups in total. The first-order valence-corrected chi connectivity index (χ1v) is 9.14. The first-order chi connectivity index (χ1) is 14.5. The number of aromatic nitrogens is 2. The summed E-state index contributed by atoms with van der Waals surface area (Å²) in [5.41, 5.74) is 9.13. The number of benzene rings is 2. The van der Waals surface area contributed by atoms with Crippen LogP contribution in [0, 0.1) is 5.41 Å². The lowest BCUT2D eigenvalue weighted by Crippen LogP contribution is -2.29. The standard InChI is InChI=1S/C21H19N7O2/c1-28-16(11-12-24-28)18(22)30-21(23)27-19-20(29)25-15-10-6-5-9-14(15)17(26-19)13-7-3-2-4-8-13/h2-12,19,22H,1H3,(H2,23,27)(H,25,29). The highest BCUT2D eigenvalue weighted by Gasteiger charge is 2.26. The van der Waals surface area contributed by atoms with Crippen LogP contribution in [0.25, 0.3) is 0 Å². The SMILES string of the molecule is Cn1nccc1C(=N)O/C(N)=N/C1N=C(c2ccccc2)c2ccccc2NC1=O. The first kappa shape index (κ1) is 19.1. The number of para-hydroxylation sites is 1. The Morgan fingerprint density at radius 2 is 1.90 bits per heavy atom. The van der Waals surface area contributed by atoms with Gasteiger partial charge in [0.2, 0.25) is 12.1 Å². The average Bonchev–Trinajstić information content (AvgIpc) is 3.12. The zero-order valence-electron chi connectivity index (χ0n) is 16.1. The minimum atomic E-state index is -1.17. The van der Waals surface area contributed by atoms with E-state index < -0.39 is 12.1 Å². The second-order valence-electron chi connectivity index (χ2n) is 6.49. The van der Waals surface area contributed by atoms with Crippen LogP contribution < -0.4 is 11.1 Å². The molecule has 1 aromatic heterocycles. The van der Waals surface area contributed by atoms with Gasteiger partial charge in [0, 0.05) is 24.4 Å². The van der Waals surface area contributed by atoms with Crippen LogP contribution in [0.4, 0.5) is 5.69 Å². The highest BCUT2D eigenvalue weighted by Crippen LogP contribution is 2.24. The Kier molecular flexibility index (Phi) is 5.08. The van der Waals surface area contributed by atoms with E-state index in [9.17, 15) is 4.79 Å². The van der Waals surface area contributed by atoms with Crippen molar-refractivity contribution in [2.75, 3.05) is 5.32 Å². The number of rotatable bonds is 3. The normalized spacial score (nSPS) is 16.2. The molecule has 0 spiro atoms. The minimum Gasteiger partial charge on any atom is -0.405 e. The van der Waals surface area contributed by atoms with Crippen LogP contribution in [0.15, 0.2) is 76.8 Å². The van der Waals surface area contributed by atoms with E-state index in [4.69, 9.17) is 15.9 Å². The summed E-state index contributed by atoms with van der Waals surface area (Å²) in [6.45, 7) is 0.